The molecule has 0 spiro atoms. The number of hydrogen-bond acceptors (Lipinski definition) is 3. The first-order valence-corrected chi connectivity index (χ1v) is 6.32. The second-order valence-electron chi connectivity index (χ2n) is 6.44. The smallest absolute Gasteiger partial charge is 0.144 e. The summed E-state index contributed by atoms with van der Waals surface area (Å²) in [6.07, 6.45) is 0.858. The topological polar surface area (TPSA) is 70.6 Å². The summed E-state index contributed by atoms with van der Waals surface area (Å²) in [6, 6.07) is 0. The van der Waals surface area contributed by atoms with E-state index >= 15 is 0 Å². The van der Waals surface area contributed by atoms with E-state index in [0.29, 0.717) is 17.2 Å². The summed E-state index contributed by atoms with van der Waals surface area (Å²) in [7, 11) is 0. The van der Waals surface area contributed by atoms with Crippen LogP contribution in [0, 0.1) is 16.7 Å². The van der Waals surface area contributed by atoms with Gasteiger partial charge in [0, 0.05) is 12.0 Å². The van der Waals surface area contributed by atoms with E-state index in [2.05, 4.69) is 38.2 Å². The third kappa shape index (κ3) is 5.39. The summed E-state index contributed by atoms with van der Waals surface area (Å²) in [5.41, 5.74) is 5.67. The van der Waals surface area contributed by atoms with Crippen molar-refractivity contribution in [3.05, 3.63) is 0 Å². The lowest BCUT2D eigenvalue weighted by Gasteiger charge is -2.30. The average Bonchev–Trinajstić information content (AvgIpc) is 2.23. The van der Waals surface area contributed by atoms with Crippen molar-refractivity contribution in [2.24, 2.45) is 27.6 Å². The fourth-order valence-electron chi connectivity index (χ4n) is 1.28. The molecule has 0 aliphatic heterocycles. The van der Waals surface area contributed by atoms with Crippen LogP contribution in [0.3, 0.4) is 0 Å². The van der Waals surface area contributed by atoms with Gasteiger partial charge < -0.3 is 16.3 Å². The highest BCUT2D eigenvalue weighted by Crippen LogP contribution is 2.25. The van der Waals surface area contributed by atoms with Crippen LogP contribution in [0.5, 0.6) is 0 Å². The van der Waals surface area contributed by atoms with Gasteiger partial charge in [-0.25, -0.2) is 0 Å². The molecule has 0 rings (SSSR count). The lowest BCUT2D eigenvalue weighted by atomic mass is 9.81. The van der Waals surface area contributed by atoms with Gasteiger partial charge in [-0.05, 0) is 24.3 Å². The molecule has 0 saturated heterocycles. The van der Waals surface area contributed by atoms with Gasteiger partial charge in [-0.15, -0.1) is 0 Å². The number of nitrogens with zero attached hydrogens (tertiary/aromatic N) is 1. The van der Waals surface area contributed by atoms with Crippen molar-refractivity contribution in [3.63, 3.8) is 0 Å². The Kier molecular flexibility index (Phi) is 5.96. The van der Waals surface area contributed by atoms with Gasteiger partial charge in [0.1, 0.15) is 5.84 Å². The normalized spacial score (nSPS) is 14.4. The van der Waals surface area contributed by atoms with Gasteiger partial charge in [-0.1, -0.05) is 46.7 Å². The fraction of sp³-hybridized carbons (Fsp3) is 0.923. The number of oxime groups is 1. The molecule has 4 N–H and O–H groups in total. The van der Waals surface area contributed by atoms with Gasteiger partial charge >= 0.3 is 0 Å². The average molecular weight is 243 g/mol. The van der Waals surface area contributed by atoms with Crippen molar-refractivity contribution in [1.29, 1.82) is 0 Å². The molecule has 0 aromatic heterocycles. The number of hydrogen-bond donors (Lipinski definition) is 3. The monoisotopic (exact) mass is 243 g/mol. The highest BCUT2D eigenvalue weighted by Gasteiger charge is 2.25. The van der Waals surface area contributed by atoms with Gasteiger partial charge in [0.15, 0.2) is 0 Å². The summed E-state index contributed by atoms with van der Waals surface area (Å²) in [4.78, 5) is 0. The number of amidine groups is 1. The van der Waals surface area contributed by atoms with E-state index in [1.54, 1.807) is 0 Å². The molecule has 102 valence electrons. The van der Waals surface area contributed by atoms with Gasteiger partial charge in [0.2, 0.25) is 0 Å². The summed E-state index contributed by atoms with van der Waals surface area (Å²) in [5, 5.41) is 15.2. The van der Waals surface area contributed by atoms with Crippen molar-refractivity contribution >= 4 is 5.84 Å². The first-order valence-electron chi connectivity index (χ1n) is 6.32. The van der Waals surface area contributed by atoms with Crippen LogP contribution in [-0.4, -0.2) is 24.1 Å². The van der Waals surface area contributed by atoms with Gasteiger partial charge in [0.05, 0.1) is 0 Å². The number of nitrogens with one attached hydrogen (secondary N) is 1. The van der Waals surface area contributed by atoms with E-state index in [1.165, 1.54) is 0 Å². The standard InChI is InChI=1S/C13H29N3O/c1-10(2)13(5,6)9-15-8-7-12(3,4)11(14)16-17/h10,15,17H,7-9H2,1-6H3,(H2,14,16). The molecule has 0 aliphatic carbocycles. The van der Waals surface area contributed by atoms with Crippen LogP contribution in [0.15, 0.2) is 5.16 Å². The Labute approximate surface area is 106 Å². The first-order chi connectivity index (χ1) is 7.63. The van der Waals surface area contributed by atoms with E-state index in [-0.39, 0.29) is 5.41 Å². The van der Waals surface area contributed by atoms with E-state index in [4.69, 9.17) is 10.9 Å². The SMILES string of the molecule is CC(C)C(C)(C)CNCCC(C)(C)C(N)=NO. The zero-order chi connectivity index (χ0) is 13.7. The molecule has 0 radical (unpaired) electrons. The predicted octanol–water partition coefficient (Wildman–Crippen LogP) is 2.42. The van der Waals surface area contributed by atoms with Crippen molar-refractivity contribution in [1.82, 2.24) is 5.32 Å². The maximum atomic E-state index is 8.67. The Morgan fingerprint density at radius 3 is 2.24 bits per heavy atom. The second kappa shape index (κ2) is 6.24. The molecule has 0 aromatic rings. The van der Waals surface area contributed by atoms with Crippen LogP contribution in [0.1, 0.15) is 48.0 Å². The Morgan fingerprint density at radius 1 is 1.29 bits per heavy atom. The summed E-state index contributed by atoms with van der Waals surface area (Å²) in [5.74, 6) is 0.939. The van der Waals surface area contributed by atoms with Crippen LogP contribution < -0.4 is 11.1 Å². The number of rotatable bonds is 7. The number of nitrogens with two attached hydrogens (primary N) is 1. The molecule has 17 heavy (non-hydrogen) atoms. The van der Waals surface area contributed by atoms with Crippen LogP contribution >= 0.6 is 0 Å². The quantitative estimate of drug-likeness (QED) is 0.211. The van der Waals surface area contributed by atoms with Crippen LogP contribution in [-0.2, 0) is 0 Å². The predicted molar refractivity (Wildman–Crippen MR) is 73.3 cm³/mol. The zero-order valence-corrected chi connectivity index (χ0v) is 12.2. The highest BCUT2D eigenvalue weighted by molar-refractivity contribution is 5.85. The molecular weight excluding hydrogens is 214 g/mol. The molecule has 0 aliphatic rings. The van der Waals surface area contributed by atoms with E-state index in [1.807, 2.05) is 13.8 Å². The molecule has 0 amide bonds. The molecular formula is C13H29N3O. The third-order valence-corrected chi connectivity index (χ3v) is 3.87. The van der Waals surface area contributed by atoms with Crippen molar-refractivity contribution in [2.45, 2.75) is 48.0 Å². The van der Waals surface area contributed by atoms with E-state index in [0.717, 1.165) is 19.5 Å². The molecule has 0 heterocycles. The summed E-state index contributed by atoms with van der Waals surface area (Å²) >= 11 is 0. The zero-order valence-electron chi connectivity index (χ0n) is 12.2. The molecule has 4 nitrogen and oxygen atoms in total. The first kappa shape index (κ1) is 16.2. The van der Waals surface area contributed by atoms with Gasteiger partial charge in [-0.3, -0.25) is 0 Å². The Balaban J connectivity index is 4.02. The minimum atomic E-state index is -0.260. The second-order valence-corrected chi connectivity index (χ2v) is 6.44. The summed E-state index contributed by atoms with van der Waals surface area (Å²) in [6.45, 7) is 14.8. The summed E-state index contributed by atoms with van der Waals surface area (Å²) < 4.78 is 0. The van der Waals surface area contributed by atoms with Crippen molar-refractivity contribution in [2.75, 3.05) is 13.1 Å². The molecule has 0 fully saturated rings. The largest absolute Gasteiger partial charge is 0.409 e. The Bertz CT molecular complexity index is 257. The van der Waals surface area contributed by atoms with E-state index in [9.17, 15) is 0 Å². The van der Waals surface area contributed by atoms with Crippen molar-refractivity contribution < 1.29 is 5.21 Å². The minimum Gasteiger partial charge on any atom is -0.409 e. The lowest BCUT2D eigenvalue weighted by Crippen LogP contribution is -2.38. The molecule has 0 atom stereocenters. The fourth-order valence-corrected chi connectivity index (χ4v) is 1.28. The van der Waals surface area contributed by atoms with Crippen LogP contribution in [0.2, 0.25) is 0 Å². The lowest BCUT2D eigenvalue weighted by molar-refractivity contribution is 0.235. The maximum absolute atomic E-state index is 8.67. The van der Waals surface area contributed by atoms with Crippen molar-refractivity contribution in [3.8, 4) is 0 Å². The van der Waals surface area contributed by atoms with Gasteiger partial charge in [-0.2, -0.15) is 0 Å². The van der Waals surface area contributed by atoms with Crippen LogP contribution in [0.4, 0.5) is 0 Å². The molecule has 0 aromatic carbocycles. The maximum Gasteiger partial charge on any atom is 0.144 e. The minimum absolute atomic E-state index is 0.260. The molecule has 0 bridgehead atoms. The van der Waals surface area contributed by atoms with E-state index < -0.39 is 0 Å². The Morgan fingerprint density at radius 2 is 1.82 bits per heavy atom. The third-order valence-electron chi connectivity index (χ3n) is 3.87. The molecule has 0 unspecified atom stereocenters. The highest BCUT2D eigenvalue weighted by atomic mass is 16.4. The van der Waals surface area contributed by atoms with Gasteiger partial charge in [0.25, 0.3) is 0 Å². The molecule has 4 heteroatoms. The Hall–Kier alpha value is -0.770. The molecule has 0 saturated carbocycles. The van der Waals surface area contributed by atoms with Crippen LogP contribution in [0.25, 0.3) is 0 Å².